The van der Waals surface area contributed by atoms with Gasteiger partial charge in [-0.15, -0.1) is 0 Å². The predicted octanol–water partition coefficient (Wildman–Crippen LogP) is 5.36. The number of rotatable bonds is 7. The molecule has 3 aromatic carbocycles. The molecule has 0 amide bonds. The molecule has 5 rings (SSSR count). The molecule has 0 saturated carbocycles. The molecule has 7 nitrogen and oxygen atoms in total. The highest BCUT2D eigenvalue weighted by molar-refractivity contribution is 6.09. The minimum absolute atomic E-state index is 0.00589. The summed E-state index contributed by atoms with van der Waals surface area (Å²) >= 11 is 0. The summed E-state index contributed by atoms with van der Waals surface area (Å²) in [6, 6.07) is 16.6. The van der Waals surface area contributed by atoms with E-state index in [2.05, 4.69) is 4.90 Å². The maximum atomic E-state index is 13.5. The quantitative estimate of drug-likeness (QED) is 0.384. The van der Waals surface area contributed by atoms with Gasteiger partial charge in [0.2, 0.25) is 0 Å². The maximum Gasteiger partial charge on any atom is 0.340 e. The van der Waals surface area contributed by atoms with E-state index in [4.69, 9.17) is 18.6 Å². The summed E-state index contributed by atoms with van der Waals surface area (Å²) in [4.78, 5) is 14.4. The normalized spacial score (nSPS) is 13.7. The van der Waals surface area contributed by atoms with Gasteiger partial charge in [-0.05, 0) is 48.0 Å². The molecule has 180 valence electrons. The number of ether oxygens (including phenoxy) is 3. The van der Waals surface area contributed by atoms with E-state index in [9.17, 15) is 14.3 Å². The topological polar surface area (TPSA) is 81.4 Å². The van der Waals surface area contributed by atoms with Crippen LogP contribution < -0.4 is 14.4 Å². The number of morpholine rings is 1. The number of aromatic carboxylic acids is 1. The van der Waals surface area contributed by atoms with Crippen LogP contribution >= 0.6 is 0 Å². The van der Waals surface area contributed by atoms with Crippen molar-refractivity contribution in [2.75, 3.05) is 38.3 Å². The van der Waals surface area contributed by atoms with Gasteiger partial charge >= 0.3 is 5.97 Å². The number of carboxylic acids is 1. The fraction of sp³-hybridized carbons (Fsp3) is 0.222. The Morgan fingerprint density at radius 2 is 1.86 bits per heavy atom. The average molecular weight is 477 g/mol. The van der Waals surface area contributed by atoms with Gasteiger partial charge in [0.1, 0.15) is 40.8 Å². The molecule has 8 heteroatoms. The summed E-state index contributed by atoms with van der Waals surface area (Å²) in [5, 5.41) is 10.4. The Hall–Kier alpha value is -4.04. The molecule has 1 aliphatic rings. The highest BCUT2D eigenvalue weighted by Crippen LogP contribution is 2.41. The van der Waals surface area contributed by atoms with Gasteiger partial charge in [0.25, 0.3) is 0 Å². The zero-order valence-corrected chi connectivity index (χ0v) is 19.1. The molecule has 2 heterocycles. The third-order valence-corrected chi connectivity index (χ3v) is 5.97. The molecule has 1 saturated heterocycles. The van der Waals surface area contributed by atoms with Crippen LogP contribution in [0.3, 0.4) is 0 Å². The summed E-state index contributed by atoms with van der Waals surface area (Å²) in [7, 11) is 1.61. The molecule has 1 aromatic heterocycles. The first kappa shape index (κ1) is 22.7. The standard InChI is InChI=1S/C27H24FNO6/c1-32-20-4-2-3-17(13-20)16-34-24-14-21-23(15-22(24)29-9-11-33-12-10-29)35-26(25(21)27(30)31)18-5-7-19(28)8-6-18/h2-8,13-15H,9-12,16H2,1H3,(H,30,31). The second-order valence-electron chi connectivity index (χ2n) is 8.17. The van der Waals surface area contributed by atoms with Gasteiger partial charge in [0.15, 0.2) is 0 Å². The Morgan fingerprint density at radius 3 is 2.57 bits per heavy atom. The molecule has 35 heavy (non-hydrogen) atoms. The van der Waals surface area contributed by atoms with E-state index in [0.717, 1.165) is 17.0 Å². The molecule has 1 fully saturated rings. The number of carboxylic acid groups (broad SMARTS) is 1. The lowest BCUT2D eigenvalue weighted by Gasteiger charge is -2.30. The fourth-order valence-electron chi connectivity index (χ4n) is 4.22. The van der Waals surface area contributed by atoms with Gasteiger partial charge in [-0.3, -0.25) is 0 Å². The van der Waals surface area contributed by atoms with Crippen molar-refractivity contribution in [1.82, 2.24) is 0 Å². The van der Waals surface area contributed by atoms with Crippen molar-refractivity contribution in [3.05, 3.63) is 77.6 Å². The van der Waals surface area contributed by atoms with Crippen molar-refractivity contribution in [3.63, 3.8) is 0 Å². The van der Waals surface area contributed by atoms with Crippen LogP contribution in [0.5, 0.6) is 11.5 Å². The Morgan fingerprint density at radius 1 is 1.09 bits per heavy atom. The number of hydrogen-bond acceptors (Lipinski definition) is 6. The van der Waals surface area contributed by atoms with Crippen LogP contribution in [0.4, 0.5) is 10.1 Å². The Labute approximate surface area is 201 Å². The lowest BCUT2D eigenvalue weighted by atomic mass is 10.0. The van der Waals surface area contributed by atoms with Crippen LogP contribution in [0.1, 0.15) is 15.9 Å². The summed E-state index contributed by atoms with van der Waals surface area (Å²) < 4.78 is 36.5. The molecule has 0 aliphatic carbocycles. The number of fused-ring (bicyclic) bond motifs is 1. The van der Waals surface area contributed by atoms with Gasteiger partial charge in [-0.2, -0.15) is 0 Å². The van der Waals surface area contributed by atoms with Gasteiger partial charge in [0, 0.05) is 30.1 Å². The van der Waals surface area contributed by atoms with Crippen molar-refractivity contribution in [2.45, 2.75) is 6.61 Å². The van der Waals surface area contributed by atoms with Crippen LogP contribution in [0, 0.1) is 5.82 Å². The van der Waals surface area contributed by atoms with Gasteiger partial charge in [-0.25, -0.2) is 9.18 Å². The Kier molecular flexibility index (Phi) is 6.29. The van der Waals surface area contributed by atoms with E-state index in [-0.39, 0.29) is 17.9 Å². The number of anilines is 1. The van der Waals surface area contributed by atoms with Gasteiger partial charge in [0.05, 0.1) is 26.0 Å². The molecular formula is C27H24FNO6. The summed E-state index contributed by atoms with van der Waals surface area (Å²) in [6.45, 7) is 2.75. The van der Waals surface area contributed by atoms with Crippen molar-refractivity contribution >= 4 is 22.6 Å². The number of nitrogens with zero attached hydrogens (tertiary/aromatic N) is 1. The summed E-state index contributed by atoms with van der Waals surface area (Å²) in [5.41, 5.74) is 2.60. The minimum Gasteiger partial charge on any atom is -0.497 e. The third kappa shape index (κ3) is 4.65. The van der Waals surface area contributed by atoms with E-state index >= 15 is 0 Å². The van der Waals surface area contributed by atoms with E-state index in [1.54, 1.807) is 19.2 Å². The van der Waals surface area contributed by atoms with E-state index < -0.39 is 11.8 Å². The highest BCUT2D eigenvalue weighted by atomic mass is 19.1. The van der Waals surface area contributed by atoms with E-state index in [0.29, 0.717) is 48.6 Å². The second-order valence-corrected chi connectivity index (χ2v) is 8.17. The first-order valence-corrected chi connectivity index (χ1v) is 11.2. The average Bonchev–Trinajstić information content (AvgIpc) is 3.26. The lowest BCUT2D eigenvalue weighted by Crippen LogP contribution is -2.36. The molecule has 1 N–H and O–H groups in total. The molecule has 4 aromatic rings. The lowest BCUT2D eigenvalue weighted by molar-refractivity contribution is 0.0699. The monoisotopic (exact) mass is 477 g/mol. The molecule has 1 aliphatic heterocycles. The smallest absolute Gasteiger partial charge is 0.340 e. The number of methoxy groups -OCH3 is 1. The number of benzene rings is 3. The zero-order chi connectivity index (χ0) is 24.4. The van der Waals surface area contributed by atoms with Gasteiger partial charge in [-0.1, -0.05) is 12.1 Å². The first-order valence-electron chi connectivity index (χ1n) is 11.2. The summed E-state index contributed by atoms with van der Waals surface area (Å²) in [6.07, 6.45) is 0. The number of hydrogen-bond donors (Lipinski definition) is 1. The maximum absolute atomic E-state index is 13.5. The summed E-state index contributed by atoms with van der Waals surface area (Å²) in [5.74, 6) is -0.117. The third-order valence-electron chi connectivity index (χ3n) is 5.97. The predicted molar refractivity (Wildman–Crippen MR) is 129 cm³/mol. The SMILES string of the molecule is COc1cccc(COc2cc3c(C(=O)O)c(-c4ccc(F)cc4)oc3cc2N2CCOCC2)c1. The van der Waals surface area contributed by atoms with Gasteiger partial charge < -0.3 is 28.6 Å². The van der Waals surface area contributed by atoms with Crippen molar-refractivity contribution in [3.8, 4) is 22.8 Å². The molecular weight excluding hydrogens is 453 g/mol. The van der Waals surface area contributed by atoms with Crippen molar-refractivity contribution < 1.29 is 32.9 Å². The number of furan rings is 1. The van der Waals surface area contributed by atoms with Crippen LogP contribution in [-0.2, 0) is 11.3 Å². The second kappa shape index (κ2) is 9.68. The molecule has 0 atom stereocenters. The zero-order valence-electron chi connectivity index (χ0n) is 19.1. The molecule has 0 unspecified atom stereocenters. The van der Waals surface area contributed by atoms with Crippen LogP contribution in [-0.4, -0.2) is 44.5 Å². The molecule has 0 radical (unpaired) electrons. The largest absolute Gasteiger partial charge is 0.497 e. The van der Waals surface area contributed by atoms with Crippen molar-refractivity contribution in [2.24, 2.45) is 0 Å². The molecule has 0 spiro atoms. The van der Waals surface area contributed by atoms with Crippen LogP contribution in [0.25, 0.3) is 22.3 Å². The Bertz CT molecular complexity index is 1360. The highest BCUT2D eigenvalue weighted by Gasteiger charge is 2.25. The number of halogens is 1. The first-order chi connectivity index (χ1) is 17.0. The molecule has 0 bridgehead atoms. The van der Waals surface area contributed by atoms with E-state index in [1.807, 2.05) is 24.3 Å². The number of carbonyl (C=O) groups is 1. The van der Waals surface area contributed by atoms with E-state index in [1.165, 1.54) is 24.3 Å². The minimum atomic E-state index is -1.14. The fourth-order valence-corrected chi connectivity index (χ4v) is 4.22. The van der Waals surface area contributed by atoms with Crippen LogP contribution in [0.15, 0.2) is 65.1 Å². The van der Waals surface area contributed by atoms with Crippen LogP contribution in [0.2, 0.25) is 0 Å². The van der Waals surface area contributed by atoms with Crippen molar-refractivity contribution in [1.29, 1.82) is 0 Å². The Balaban J connectivity index is 1.60.